The van der Waals surface area contributed by atoms with Gasteiger partial charge < -0.3 is 9.47 Å². The standard InChI is InChI=1S/C13H15BrN2O2/c1-17-10-2-3-12(14)11(8-10)13(9-15)16-4-6-18-7-5-16/h2-3,8,13H,4-7H2,1H3. The lowest BCUT2D eigenvalue weighted by atomic mass is 10.1. The minimum atomic E-state index is -0.265. The molecule has 0 bridgehead atoms. The van der Waals surface area contributed by atoms with E-state index in [9.17, 15) is 5.26 Å². The van der Waals surface area contributed by atoms with Crippen LogP contribution in [0.2, 0.25) is 0 Å². The lowest BCUT2D eigenvalue weighted by molar-refractivity contribution is 0.0265. The molecule has 1 aromatic rings. The van der Waals surface area contributed by atoms with Gasteiger partial charge in [0.25, 0.3) is 0 Å². The van der Waals surface area contributed by atoms with Crippen LogP contribution in [0.25, 0.3) is 0 Å². The van der Waals surface area contributed by atoms with E-state index < -0.39 is 0 Å². The molecule has 1 atom stereocenters. The molecule has 0 spiro atoms. The summed E-state index contributed by atoms with van der Waals surface area (Å²) in [7, 11) is 1.63. The van der Waals surface area contributed by atoms with Gasteiger partial charge in [0.05, 0.1) is 26.4 Å². The monoisotopic (exact) mass is 310 g/mol. The SMILES string of the molecule is COc1ccc(Br)c(C(C#N)N2CCOCC2)c1. The van der Waals surface area contributed by atoms with E-state index in [-0.39, 0.29) is 6.04 Å². The van der Waals surface area contributed by atoms with Crippen LogP contribution in [0.15, 0.2) is 22.7 Å². The molecule has 1 heterocycles. The molecular weight excluding hydrogens is 296 g/mol. The molecule has 0 N–H and O–H groups in total. The Kier molecular flexibility index (Phi) is 4.59. The van der Waals surface area contributed by atoms with Crippen molar-refractivity contribution < 1.29 is 9.47 Å². The van der Waals surface area contributed by atoms with Crippen LogP contribution in [0.3, 0.4) is 0 Å². The third kappa shape index (κ3) is 2.83. The number of nitrogens with zero attached hydrogens (tertiary/aromatic N) is 2. The lowest BCUT2D eigenvalue weighted by Crippen LogP contribution is -2.38. The highest BCUT2D eigenvalue weighted by atomic mass is 79.9. The molecule has 96 valence electrons. The van der Waals surface area contributed by atoms with Crippen molar-refractivity contribution in [2.75, 3.05) is 33.4 Å². The van der Waals surface area contributed by atoms with Crippen molar-refractivity contribution in [3.63, 3.8) is 0 Å². The topological polar surface area (TPSA) is 45.5 Å². The molecule has 1 aliphatic rings. The fraction of sp³-hybridized carbons (Fsp3) is 0.462. The van der Waals surface area contributed by atoms with Crippen LogP contribution in [-0.2, 0) is 4.74 Å². The molecule has 4 nitrogen and oxygen atoms in total. The first-order valence-corrected chi connectivity index (χ1v) is 6.60. The van der Waals surface area contributed by atoms with E-state index in [0.717, 1.165) is 28.9 Å². The first-order chi connectivity index (χ1) is 8.76. The second-order valence-corrected chi connectivity index (χ2v) is 4.92. The van der Waals surface area contributed by atoms with E-state index in [0.29, 0.717) is 13.2 Å². The van der Waals surface area contributed by atoms with Gasteiger partial charge >= 0.3 is 0 Å². The summed E-state index contributed by atoms with van der Waals surface area (Å²) in [6.45, 7) is 2.92. The van der Waals surface area contributed by atoms with Crippen LogP contribution in [0, 0.1) is 11.3 Å². The van der Waals surface area contributed by atoms with Crippen LogP contribution in [0.1, 0.15) is 11.6 Å². The van der Waals surface area contributed by atoms with E-state index >= 15 is 0 Å². The van der Waals surface area contributed by atoms with E-state index in [4.69, 9.17) is 9.47 Å². The molecule has 1 fully saturated rings. The number of hydrogen-bond donors (Lipinski definition) is 0. The average Bonchev–Trinajstić information content (AvgIpc) is 2.43. The van der Waals surface area contributed by atoms with E-state index in [1.54, 1.807) is 7.11 Å². The Morgan fingerprint density at radius 1 is 1.44 bits per heavy atom. The minimum absolute atomic E-state index is 0.265. The fourth-order valence-corrected chi connectivity index (χ4v) is 2.51. The number of hydrogen-bond acceptors (Lipinski definition) is 4. The van der Waals surface area contributed by atoms with Gasteiger partial charge in [0.2, 0.25) is 0 Å². The molecule has 0 radical (unpaired) electrons. The molecule has 1 unspecified atom stereocenters. The summed E-state index contributed by atoms with van der Waals surface area (Å²) >= 11 is 3.50. The molecule has 0 amide bonds. The zero-order valence-electron chi connectivity index (χ0n) is 10.2. The van der Waals surface area contributed by atoms with Gasteiger partial charge in [0.1, 0.15) is 11.8 Å². The van der Waals surface area contributed by atoms with Crippen LogP contribution in [0.4, 0.5) is 0 Å². The normalized spacial score (nSPS) is 18.1. The maximum absolute atomic E-state index is 9.43. The van der Waals surface area contributed by atoms with Crippen molar-refractivity contribution in [1.29, 1.82) is 5.26 Å². The molecule has 0 aromatic heterocycles. The van der Waals surface area contributed by atoms with Crippen molar-refractivity contribution in [1.82, 2.24) is 4.90 Å². The zero-order chi connectivity index (χ0) is 13.0. The summed E-state index contributed by atoms with van der Waals surface area (Å²) in [4.78, 5) is 2.13. The maximum Gasteiger partial charge on any atom is 0.125 e. The summed E-state index contributed by atoms with van der Waals surface area (Å²) < 4.78 is 11.5. The van der Waals surface area contributed by atoms with E-state index in [2.05, 4.69) is 26.9 Å². The number of halogens is 1. The quantitative estimate of drug-likeness (QED) is 0.860. The summed E-state index contributed by atoms with van der Waals surface area (Å²) in [6.07, 6.45) is 0. The van der Waals surface area contributed by atoms with Crippen molar-refractivity contribution in [2.24, 2.45) is 0 Å². The van der Waals surface area contributed by atoms with Crippen molar-refractivity contribution in [3.05, 3.63) is 28.2 Å². The number of morpholine rings is 1. The van der Waals surface area contributed by atoms with Crippen molar-refractivity contribution in [3.8, 4) is 11.8 Å². The van der Waals surface area contributed by atoms with Gasteiger partial charge in [-0.05, 0) is 18.2 Å². The molecular formula is C13H15BrN2O2. The summed E-state index contributed by atoms with van der Waals surface area (Å²) in [5.41, 5.74) is 0.943. The number of ether oxygens (including phenoxy) is 2. The third-order valence-electron chi connectivity index (χ3n) is 3.03. The van der Waals surface area contributed by atoms with Crippen LogP contribution in [0.5, 0.6) is 5.75 Å². The molecule has 1 saturated heterocycles. The Morgan fingerprint density at radius 2 is 2.17 bits per heavy atom. The van der Waals surface area contributed by atoms with Gasteiger partial charge in [-0.3, -0.25) is 4.90 Å². The Bertz CT molecular complexity index is 453. The van der Waals surface area contributed by atoms with Crippen LogP contribution < -0.4 is 4.74 Å². The largest absolute Gasteiger partial charge is 0.497 e. The summed E-state index contributed by atoms with van der Waals surface area (Å²) in [6, 6.07) is 7.80. The van der Waals surface area contributed by atoms with Gasteiger partial charge in [-0.15, -0.1) is 0 Å². The molecule has 1 aromatic carbocycles. The molecule has 18 heavy (non-hydrogen) atoms. The van der Waals surface area contributed by atoms with Gasteiger partial charge in [0.15, 0.2) is 0 Å². The minimum Gasteiger partial charge on any atom is -0.497 e. The number of methoxy groups -OCH3 is 1. The Balaban J connectivity index is 2.29. The molecule has 2 rings (SSSR count). The van der Waals surface area contributed by atoms with Gasteiger partial charge in [-0.2, -0.15) is 5.26 Å². The van der Waals surface area contributed by atoms with Gasteiger partial charge in [-0.1, -0.05) is 15.9 Å². The third-order valence-corrected chi connectivity index (χ3v) is 3.75. The van der Waals surface area contributed by atoms with E-state index in [1.807, 2.05) is 18.2 Å². The Morgan fingerprint density at radius 3 is 2.78 bits per heavy atom. The number of rotatable bonds is 3. The highest BCUT2D eigenvalue weighted by Gasteiger charge is 2.24. The van der Waals surface area contributed by atoms with Crippen molar-refractivity contribution >= 4 is 15.9 Å². The molecule has 1 aliphatic heterocycles. The Hall–Kier alpha value is -1.09. The number of nitriles is 1. The highest BCUT2D eigenvalue weighted by molar-refractivity contribution is 9.10. The highest BCUT2D eigenvalue weighted by Crippen LogP contribution is 2.31. The first kappa shape index (κ1) is 13.3. The Labute approximate surface area is 115 Å². The predicted octanol–water partition coefficient (Wildman–Crippen LogP) is 2.35. The molecule has 0 saturated carbocycles. The smallest absolute Gasteiger partial charge is 0.125 e. The zero-order valence-corrected chi connectivity index (χ0v) is 11.8. The van der Waals surface area contributed by atoms with E-state index in [1.165, 1.54) is 0 Å². The van der Waals surface area contributed by atoms with Crippen LogP contribution >= 0.6 is 15.9 Å². The fourth-order valence-electron chi connectivity index (χ4n) is 2.04. The second-order valence-electron chi connectivity index (χ2n) is 4.07. The molecule has 5 heteroatoms. The maximum atomic E-state index is 9.43. The predicted molar refractivity (Wildman–Crippen MR) is 71.4 cm³/mol. The first-order valence-electron chi connectivity index (χ1n) is 5.81. The number of benzene rings is 1. The van der Waals surface area contributed by atoms with Gasteiger partial charge in [0, 0.05) is 23.1 Å². The average molecular weight is 311 g/mol. The van der Waals surface area contributed by atoms with Crippen LogP contribution in [-0.4, -0.2) is 38.3 Å². The lowest BCUT2D eigenvalue weighted by Gasteiger charge is -2.31. The van der Waals surface area contributed by atoms with Crippen molar-refractivity contribution in [2.45, 2.75) is 6.04 Å². The second kappa shape index (κ2) is 6.19. The summed E-state index contributed by atoms with van der Waals surface area (Å²) in [5.74, 6) is 0.765. The molecule has 0 aliphatic carbocycles. The summed E-state index contributed by atoms with van der Waals surface area (Å²) in [5, 5.41) is 9.43. The van der Waals surface area contributed by atoms with Gasteiger partial charge in [-0.25, -0.2) is 0 Å².